The molecule has 0 saturated carbocycles. The first kappa shape index (κ1) is 8.32. The van der Waals surface area contributed by atoms with E-state index in [0.29, 0.717) is 5.92 Å². The van der Waals surface area contributed by atoms with Crippen LogP contribution in [0.2, 0.25) is 0 Å². The molecule has 0 unspecified atom stereocenters. The standard InChI is InChI=1S/C9H12BrNO/c10-8-3-6-12-9(8)7-1-4-11-5-2-7/h3,6-7,11H,1-2,4-5H2. The maximum atomic E-state index is 5.43. The minimum absolute atomic E-state index is 0.607. The van der Waals surface area contributed by atoms with Crippen LogP contribution in [0.15, 0.2) is 21.2 Å². The number of rotatable bonds is 1. The van der Waals surface area contributed by atoms with Crippen LogP contribution < -0.4 is 5.32 Å². The van der Waals surface area contributed by atoms with Gasteiger partial charge in [-0.1, -0.05) is 0 Å². The van der Waals surface area contributed by atoms with Gasteiger partial charge in [-0.3, -0.25) is 0 Å². The molecule has 0 atom stereocenters. The van der Waals surface area contributed by atoms with Crippen molar-refractivity contribution in [3.8, 4) is 0 Å². The van der Waals surface area contributed by atoms with Crippen LogP contribution >= 0.6 is 15.9 Å². The van der Waals surface area contributed by atoms with Gasteiger partial charge in [-0.05, 0) is 47.9 Å². The zero-order valence-corrected chi connectivity index (χ0v) is 8.43. The van der Waals surface area contributed by atoms with Crippen LogP contribution in [0.25, 0.3) is 0 Å². The summed E-state index contributed by atoms with van der Waals surface area (Å²) in [5, 5.41) is 3.34. The van der Waals surface area contributed by atoms with Crippen molar-refractivity contribution in [3.05, 3.63) is 22.6 Å². The first-order chi connectivity index (χ1) is 5.88. The molecule has 1 N–H and O–H groups in total. The highest BCUT2D eigenvalue weighted by atomic mass is 79.9. The fourth-order valence-corrected chi connectivity index (χ4v) is 2.21. The predicted octanol–water partition coefficient (Wildman–Crippen LogP) is 2.51. The Morgan fingerprint density at radius 2 is 2.17 bits per heavy atom. The van der Waals surface area contributed by atoms with E-state index in [2.05, 4.69) is 21.2 Å². The lowest BCUT2D eigenvalue weighted by Gasteiger charge is -2.20. The van der Waals surface area contributed by atoms with Gasteiger partial charge in [-0.25, -0.2) is 0 Å². The third-order valence-corrected chi connectivity index (χ3v) is 3.01. The van der Waals surface area contributed by atoms with Crippen LogP contribution in [0.3, 0.4) is 0 Å². The largest absolute Gasteiger partial charge is 0.468 e. The Balaban J connectivity index is 2.13. The van der Waals surface area contributed by atoms with Crippen LogP contribution in [0.5, 0.6) is 0 Å². The van der Waals surface area contributed by atoms with Gasteiger partial charge in [0.25, 0.3) is 0 Å². The van der Waals surface area contributed by atoms with Crippen molar-refractivity contribution < 1.29 is 4.42 Å². The van der Waals surface area contributed by atoms with Crippen LogP contribution in [-0.2, 0) is 0 Å². The summed E-state index contributed by atoms with van der Waals surface area (Å²) < 4.78 is 6.55. The molecule has 2 rings (SSSR count). The van der Waals surface area contributed by atoms with E-state index >= 15 is 0 Å². The molecule has 66 valence electrons. The molecule has 1 aliphatic heterocycles. The highest BCUT2D eigenvalue weighted by molar-refractivity contribution is 9.10. The average Bonchev–Trinajstić information content (AvgIpc) is 2.53. The van der Waals surface area contributed by atoms with Crippen molar-refractivity contribution in [1.29, 1.82) is 0 Å². The first-order valence-corrected chi connectivity index (χ1v) is 5.11. The molecule has 1 aliphatic rings. The molecular formula is C9H12BrNO. The van der Waals surface area contributed by atoms with E-state index in [1.165, 1.54) is 12.8 Å². The second kappa shape index (κ2) is 3.62. The van der Waals surface area contributed by atoms with Gasteiger partial charge >= 0.3 is 0 Å². The van der Waals surface area contributed by atoms with E-state index in [4.69, 9.17) is 4.42 Å². The first-order valence-electron chi connectivity index (χ1n) is 4.31. The Morgan fingerprint density at radius 1 is 1.42 bits per heavy atom. The van der Waals surface area contributed by atoms with Crippen molar-refractivity contribution in [2.24, 2.45) is 0 Å². The van der Waals surface area contributed by atoms with Crippen LogP contribution in [0.1, 0.15) is 24.5 Å². The fourth-order valence-electron chi connectivity index (χ4n) is 1.68. The summed E-state index contributed by atoms with van der Waals surface area (Å²) in [6.07, 6.45) is 4.12. The van der Waals surface area contributed by atoms with E-state index in [1.807, 2.05) is 6.07 Å². The molecule has 2 nitrogen and oxygen atoms in total. The lowest BCUT2D eigenvalue weighted by molar-refractivity contribution is 0.384. The molecule has 3 heteroatoms. The quantitative estimate of drug-likeness (QED) is 0.801. The van der Waals surface area contributed by atoms with Gasteiger partial charge in [-0.2, -0.15) is 0 Å². The van der Waals surface area contributed by atoms with Gasteiger partial charge in [0.05, 0.1) is 10.7 Å². The zero-order valence-electron chi connectivity index (χ0n) is 6.85. The van der Waals surface area contributed by atoms with Crippen molar-refractivity contribution >= 4 is 15.9 Å². The zero-order chi connectivity index (χ0) is 8.39. The minimum Gasteiger partial charge on any atom is -0.468 e. The lowest BCUT2D eigenvalue weighted by atomic mass is 9.96. The van der Waals surface area contributed by atoms with Crippen molar-refractivity contribution in [2.75, 3.05) is 13.1 Å². The van der Waals surface area contributed by atoms with Gasteiger partial charge in [0.15, 0.2) is 0 Å². The molecule has 0 spiro atoms. The summed E-state index contributed by atoms with van der Waals surface area (Å²) >= 11 is 3.49. The van der Waals surface area contributed by atoms with E-state index in [9.17, 15) is 0 Å². The van der Waals surface area contributed by atoms with Gasteiger partial charge in [0.2, 0.25) is 0 Å². The van der Waals surface area contributed by atoms with Crippen molar-refractivity contribution in [2.45, 2.75) is 18.8 Å². The number of nitrogens with one attached hydrogen (secondary N) is 1. The third-order valence-electron chi connectivity index (χ3n) is 2.35. The molecule has 12 heavy (non-hydrogen) atoms. The Kier molecular flexibility index (Phi) is 2.51. The topological polar surface area (TPSA) is 25.2 Å². The number of furan rings is 1. The molecule has 0 bridgehead atoms. The van der Waals surface area contributed by atoms with Crippen LogP contribution in [0.4, 0.5) is 0 Å². The SMILES string of the molecule is Brc1ccoc1C1CCNCC1. The number of hydrogen-bond acceptors (Lipinski definition) is 2. The predicted molar refractivity (Wildman–Crippen MR) is 51.3 cm³/mol. The van der Waals surface area contributed by atoms with Gasteiger partial charge in [0, 0.05) is 5.92 Å². The summed E-state index contributed by atoms with van der Waals surface area (Å²) in [7, 11) is 0. The maximum absolute atomic E-state index is 5.43. The molecule has 2 heterocycles. The monoisotopic (exact) mass is 229 g/mol. The van der Waals surface area contributed by atoms with Crippen LogP contribution in [0, 0.1) is 0 Å². The van der Waals surface area contributed by atoms with Gasteiger partial charge < -0.3 is 9.73 Å². The highest BCUT2D eigenvalue weighted by Crippen LogP contribution is 2.31. The average molecular weight is 230 g/mol. The van der Waals surface area contributed by atoms with E-state index < -0.39 is 0 Å². The van der Waals surface area contributed by atoms with Gasteiger partial charge in [-0.15, -0.1) is 0 Å². The van der Waals surface area contributed by atoms with Gasteiger partial charge in [0.1, 0.15) is 5.76 Å². The lowest BCUT2D eigenvalue weighted by Crippen LogP contribution is -2.26. The molecule has 1 aromatic rings. The Labute approximate surface area is 80.5 Å². The number of piperidine rings is 1. The van der Waals surface area contributed by atoms with Crippen molar-refractivity contribution in [3.63, 3.8) is 0 Å². The number of hydrogen-bond donors (Lipinski definition) is 1. The number of halogens is 1. The summed E-state index contributed by atoms with van der Waals surface area (Å²) in [5.74, 6) is 1.73. The summed E-state index contributed by atoms with van der Waals surface area (Å²) in [5.41, 5.74) is 0. The summed E-state index contributed by atoms with van der Waals surface area (Å²) in [4.78, 5) is 0. The molecule has 0 amide bonds. The summed E-state index contributed by atoms with van der Waals surface area (Å²) in [6, 6.07) is 1.97. The smallest absolute Gasteiger partial charge is 0.121 e. The molecule has 0 aromatic carbocycles. The third kappa shape index (κ3) is 1.57. The molecule has 0 radical (unpaired) electrons. The van der Waals surface area contributed by atoms with E-state index in [1.54, 1.807) is 6.26 Å². The Bertz CT molecular complexity index is 253. The molecule has 1 saturated heterocycles. The molecular weight excluding hydrogens is 218 g/mol. The minimum atomic E-state index is 0.607. The highest BCUT2D eigenvalue weighted by Gasteiger charge is 2.19. The Morgan fingerprint density at radius 3 is 2.75 bits per heavy atom. The molecule has 0 aliphatic carbocycles. The Hall–Kier alpha value is -0.280. The second-order valence-corrected chi connectivity index (χ2v) is 4.01. The molecule has 1 fully saturated rings. The maximum Gasteiger partial charge on any atom is 0.121 e. The van der Waals surface area contributed by atoms with E-state index in [0.717, 1.165) is 23.3 Å². The van der Waals surface area contributed by atoms with Crippen LogP contribution in [-0.4, -0.2) is 13.1 Å². The fraction of sp³-hybridized carbons (Fsp3) is 0.556. The van der Waals surface area contributed by atoms with E-state index in [-0.39, 0.29) is 0 Å². The normalized spacial score (nSPS) is 19.8. The van der Waals surface area contributed by atoms with Crippen molar-refractivity contribution in [1.82, 2.24) is 5.32 Å². The second-order valence-electron chi connectivity index (χ2n) is 3.16. The molecule has 1 aromatic heterocycles. The summed E-state index contributed by atoms with van der Waals surface area (Å²) in [6.45, 7) is 2.22.